The Kier molecular flexibility index (Phi) is 6.42. The fourth-order valence-corrected chi connectivity index (χ4v) is 4.48. The average Bonchev–Trinajstić information content (AvgIpc) is 2.88. The Morgan fingerprint density at radius 1 is 0.750 bits per heavy atom. The second-order valence-electron chi connectivity index (χ2n) is 8.10. The number of pyridine rings is 1. The summed E-state index contributed by atoms with van der Waals surface area (Å²) in [5.41, 5.74) is 1.90. The minimum Gasteiger partial charge on any atom is -0.321 e. The topological polar surface area (TPSA) is 79.0 Å². The standard InChI is InChI=1S/C29H18Cl2N2O3/c30-19-11-13-21-23(15-19)32-28(35)26(25(21)17-7-3-1-4-8-17)29(36)33-24-16-20(31)12-14-22(24)27(34)18-9-5-2-6-10-18/h1-16H,(H,32,35)(H,33,36). The normalized spacial score (nSPS) is 10.8. The summed E-state index contributed by atoms with van der Waals surface area (Å²) >= 11 is 12.4. The van der Waals surface area contributed by atoms with Gasteiger partial charge in [-0.25, -0.2) is 0 Å². The smallest absolute Gasteiger partial charge is 0.261 e. The minimum atomic E-state index is -0.670. The van der Waals surface area contributed by atoms with Gasteiger partial charge in [0, 0.05) is 32.1 Å². The maximum atomic E-state index is 13.7. The molecule has 1 amide bonds. The van der Waals surface area contributed by atoms with E-state index in [1.165, 1.54) is 6.07 Å². The van der Waals surface area contributed by atoms with Gasteiger partial charge < -0.3 is 10.3 Å². The Balaban J connectivity index is 1.65. The summed E-state index contributed by atoms with van der Waals surface area (Å²) in [7, 11) is 0. The number of halogens is 2. The summed E-state index contributed by atoms with van der Waals surface area (Å²) in [6.07, 6.45) is 0. The molecule has 0 radical (unpaired) electrons. The van der Waals surface area contributed by atoms with Crippen molar-refractivity contribution >= 4 is 51.5 Å². The van der Waals surface area contributed by atoms with Crippen molar-refractivity contribution in [2.45, 2.75) is 0 Å². The van der Waals surface area contributed by atoms with Gasteiger partial charge in [0.25, 0.3) is 11.5 Å². The molecule has 0 fully saturated rings. The van der Waals surface area contributed by atoms with Crippen LogP contribution in [0.2, 0.25) is 10.0 Å². The summed E-state index contributed by atoms with van der Waals surface area (Å²) in [5.74, 6) is -0.954. The Labute approximate surface area is 216 Å². The van der Waals surface area contributed by atoms with E-state index in [4.69, 9.17) is 23.2 Å². The Morgan fingerprint density at radius 2 is 1.39 bits per heavy atom. The molecule has 36 heavy (non-hydrogen) atoms. The molecule has 0 aliphatic carbocycles. The van der Waals surface area contributed by atoms with Gasteiger partial charge in [0.05, 0.1) is 11.2 Å². The van der Waals surface area contributed by atoms with Crippen molar-refractivity contribution in [2.75, 3.05) is 5.32 Å². The third kappa shape index (κ3) is 4.54. The first-order chi connectivity index (χ1) is 17.4. The number of carbonyl (C=O) groups excluding carboxylic acids is 2. The van der Waals surface area contributed by atoms with Crippen LogP contribution < -0.4 is 10.9 Å². The number of aromatic amines is 1. The maximum absolute atomic E-state index is 13.7. The molecule has 4 aromatic carbocycles. The Hall–Kier alpha value is -4.19. The Bertz CT molecular complexity index is 1680. The van der Waals surface area contributed by atoms with Gasteiger partial charge in [-0.05, 0) is 35.9 Å². The molecule has 0 atom stereocenters. The maximum Gasteiger partial charge on any atom is 0.261 e. The van der Waals surface area contributed by atoms with E-state index < -0.39 is 11.5 Å². The van der Waals surface area contributed by atoms with Gasteiger partial charge in [-0.15, -0.1) is 0 Å². The van der Waals surface area contributed by atoms with Crippen molar-refractivity contribution in [2.24, 2.45) is 0 Å². The molecule has 2 N–H and O–H groups in total. The van der Waals surface area contributed by atoms with Crippen LogP contribution in [0.3, 0.4) is 0 Å². The first-order valence-electron chi connectivity index (χ1n) is 11.0. The van der Waals surface area contributed by atoms with E-state index in [0.717, 1.165) is 0 Å². The van der Waals surface area contributed by atoms with Crippen LogP contribution in [0.5, 0.6) is 0 Å². The van der Waals surface area contributed by atoms with Crippen LogP contribution in [-0.4, -0.2) is 16.7 Å². The molecule has 0 aliphatic heterocycles. The molecule has 0 unspecified atom stereocenters. The molecule has 5 nitrogen and oxygen atoms in total. The third-order valence-electron chi connectivity index (χ3n) is 5.78. The molecule has 1 aromatic heterocycles. The van der Waals surface area contributed by atoms with E-state index in [1.807, 2.05) is 36.4 Å². The minimum absolute atomic E-state index is 0.0888. The number of rotatable bonds is 5. The van der Waals surface area contributed by atoms with Crippen LogP contribution in [0.1, 0.15) is 26.3 Å². The number of nitrogens with one attached hydrogen (secondary N) is 2. The summed E-state index contributed by atoms with van der Waals surface area (Å²) in [5, 5.41) is 4.20. The summed E-state index contributed by atoms with van der Waals surface area (Å²) in [6, 6.07) is 27.6. The summed E-state index contributed by atoms with van der Waals surface area (Å²) in [6.45, 7) is 0. The number of anilines is 1. The van der Waals surface area contributed by atoms with Gasteiger partial charge in [-0.2, -0.15) is 0 Å². The molecule has 1 heterocycles. The first kappa shape index (κ1) is 23.5. The van der Waals surface area contributed by atoms with E-state index >= 15 is 0 Å². The molecular weight excluding hydrogens is 495 g/mol. The average molecular weight is 513 g/mol. The van der Waals surface area contributed by atoms with Crippen LogP contribution in [0.25, 0.3) is 22.0 Å². The van der Waals surface area contributed by atoms with Gasteiger partial charge >= 0.3 is 0 Å². The van der Waals surface area contributed by atoms with E-state index in [9.17, 15) is 14.4 Å². The number of ketones is 1. The first-order valence-corrected chi connectivity index (χ1v) is 11.8. The molecule has 0 saturated carbocycles. The lowest BCUT2D eigenvalue weighted by atomic mass is 9.95. The van der Waals surface area contributed by atoms with Gasteiger partial charge in [0.15, 0.2) is 5.78 Å². The number of aromatic nitrogens is 1. The van der Waals surface area contributed by atoms with Crippen LogP contribution in [0.15, 0.2) is 102 Å². The highest BCUT2D eigenvalue weighted by molar-refractivity contribution is 6.32. The quantitative estimate of drug-likeness (QED) is 0.249. The van der Waals surface area contributed by atoms with Crippen molar-refractivity contribution < 1.29 is 9.59 Å². The van der Waals surface area contributed by atoms with Crippen molar-refractivity contribution in [3.63, 3.8) is 0 Å². The van der Waals surface area contributed by atoms with Gasteiger partial charge in [0.2, 0.25) is 0 Å². The van der Waals surface area contributed by atoms with Crippen molar-refractivity contribution in [1.29, 1.82) is 0 Å². The highest BCUT2D eigenvalue weighted by atomic mass is 35.5. The van der Waals surface area contributed by atoms with Crippen LogP contribution >= 0.6 is 23.2 Å². The number of fused-ring (bicyclic) bond motifs is 1. The molecule has 5 aromatic rings. The van der Waals surface area contributed by atoms with Crippen molar-refractivity contribution in [3.8, 4) is 11.1 Å². The molecule has 0 aliphatic rings. The van der Waals surface area contributed by atoms with E-state index in [1.54, 1.807) is 54.6 Å². The zero-order valence-corrected chi connectivity index (χ0v) is 20.2. The summed E-state index contributed by atoms with van der Waals surface area (Å²) in [4.78, 5) is 42.8. The van der Waals surface area contributed by atoms with E-state index in [-0.39, 0.29) is 22.6 Å². The van der Waals surface area contributed by atoms with E-state index in [0.29, 0.717) is 37.6 Å². The number of benzene rings is 4. The lowest BCUT2D eigenvalue weighted by molar-refractivity contribution is 0.102. The number of H-pyrrole nitrogens is 1. The zero-order valence-electron chi connectivity index (χ0n) is 18.7. The number of hydrogen-bond donors (Lipinski definition) is 2. The molecule has 0 bridgehead atoms. The van der Waals surface area contributed by atoms with Crippen LogP contribution in [0, 0.1) is 0 Å². The third-order valence-corrected chi connectivity index (χ3v) is 6.25. The molecular formula is C29H18Cl2N2O3. The molecule has 7 heteroatoms. The van der Waals surface area contributed by atoms with Gasteiger partial charge in [0.1, 0.15) is 5.56 Å². The lowest BCUT2D eigenvalue weighted by Crippen LogP contribution is -2.25. The highest BCUT2D eigenvalue weighted by Crippen LogP contribution is 2.32. The highest BCUT2D eigenvalue weighted by Gasteiger charge is 2.23. The van der Waals surface area contributed by atoms with Crippen LogP contribution in [-0.2, 0) is 0 Å². The molecule has 0 spiro atoms. The Morgan fingerprint density at radius 3 is 2.11 bits per heavy atom. The second kappa shape index (κ2) is 9.82. The van der Waals surface area contributed by atoms with Crippen molar-refractivity contribution in [1.82, 2.24) is 4.98 Å². The van der Waals surface area contributed by atoms with Crippen molar-refractivity contribution in [3.05, 3.63) is 134 Å². The fraction of sp³-hybridized carbons (Fsp3) is 0. The SMILES string of the molecule is O=C(c1ccccc1)c1ccc(Cl)cc1NC(=O)c1c(-c2ccccc2)c2ccc(Cl)cc2[nH]c1=O. The van der Waals surface area contributed by atoms with Gasteiger partial charge in [-0.3, -0.25) is 14.4 Å². The zero-order chi connectivity index (χ0) is 25.2. The van der Waals surface area contributed by atoms with Gasteiger partial charge in [-0.1, -0.05) is 89.9 Å². The fourth-order valence-electron chi connectivity index (χ4n) is 4.14. The largest absolute Gasteiger partial charge is 0.321 e. The number of carbonyl (C=O) groups is 2. The van der Waals surface area contributed by atoms with Crippen LogP contribution in [0.4, 0.5) is 5.69 Å². The second-order valence-corrected chi connectivity index (χ2v) is 8.97. The molecule has 0 saturated heterocycles. The lowest BCUT2D eigenvalue weighted by Gasteiger charge is -2.15. The number of hydrogen-bond acceptors (Lipinski definition) is 3. The molecule has 176 valence electrons. The molecule has 5 rings (SSSR count). The van der Waals surface area contributed by atoms with E-state index in [2.05, 4.69) is 10.3 Å². The predicted octanol–water partition coefficient (Wildman–Crippen LogP) is 6.99. The monoisotopic (exact) mass is 512 g/mol. The number of amides is 1. The predicted molar refractivity (Wildman–Crippen MR) is 144 cm³/mol. The summed E-state index contributed by atoms with van der Waals surface area (Å²) < 4.78 is 0.